The molecule has 0 radical (unpaired) electrons. The number of imidazole rings is 1. The molecular formula is C28H18N2O. The van der Waals surface area contributed by atoms with Crippen LogP contribution in [0.15, 0.2) is 95.7 Å². The Morgan fingerprint density at radius 3 is 1.87 bits per heavy atom. The largest absolute Gasteiger partial charge is 0.456 e. The molecule has 3 nitrogen and oxygen atoms in total. The van der Waals surface area contributed by atoms with Crippen molar-refractivity contribution in [2.75, 3.05) is 0 Å². The van der Waals surface area contributed by atoms with E-state index in [9.17, 15) is 0 Å². The summed E-state index contributed by atoms with van der Waals surface area (Å²) in [4.78, 5) is 4.48. The summed E-state index contributed by atoms with van der Waals surface area (Å²) in [6.07, 6.45) is 3.78. The maximum absolute atomic E-state index is 6.36. The zero-order valence-corrected chi connectivity index (χ0v) is 17.0. The number of benzene rings is 5. The van der Waals surface area contributed by atoms with Crippen LogP contribution in [0.3, 0.4) is 0 Å². The lowest BCUT2D eigenvalue weighted by molar-refractivity contribution is 0.669. The molecular weight excluding hydrogens is 380 g/mol. The second kappa shape index (κ2) is 5.96. The van der Waals surface area contributed by atoms with E-state index in [0.717, 1.165) is 33.3 Å². The summed E-state index contributed by atoms with van der Waals surface area (Å²) in [6, 6.07) is 28.2. The lowest BCUT2D eigenvalue weighted by atomic mass is 9.93. The molecule has 0 unspecified atom stereocenters. The molecule has 0 bridgehead atoms. The first-order chi connectivity index (χ1) is 15.3. The van der Waals surface area contributed by atoms with Crippen LogP contribution in [-0.4, -0.2) is 9.55 Å². The molecule has 5 aromatic carbocycles. The fraction of sp³-hybridized carbons (Fsp3) is 0.0357. The Morgan fingerprint density at radius 2 is 1.23 bits per heavy atom. The van der Waals surface area contributed by atoms with E-state index in [1.54, 1.807) is 0 Å². The zero-order valence-electron chi connectivity index (χ0n) is 17.0. The van der Waals surface area contributed by atoms with Gasteiger partial charge in [-0.05, 0) is 56.6 Å². The van der Waals surface area contributed by atoms with E-state index in [2.05, 4.69) is 83.8 Å². The van der Waals surface area contributed by atoms with Gasteiger partial charge in [-0.3, -0.25) is 0 Å². The van der Waals surface area contributed by atoms with Crippen molar-refractivity contribution in [2.45, 2.75) is 0 Å². The van der Waals surface area contributed by atoms with Crippen LogP contribution in [0.25, 0.3) is 65.6 Å². The van der Waals surface area contributed by atoms with Crippen LogP contribution in [0.1, 0.15) is 0 Å². The van der Waals surface area contributed by atoms with Crippen LogP contribution in [0, 0.1) is 0 Å². The van der Waals surface area contributed by atoms with Crippen molar-refractivity contribution in [1.82, 2.24) is 9.55 Å². The summed E-state index contributed by atoms with van der Waals surface area (Å²) in [5, 5.41) is 9.86. The van der Waals surface area contributed by atoms with Crippen molar-refractivity contribution in [1.29, 1.82) is 0 Å². The minimum atomic E-state index is 0.888. The smallest absolute Gasteiger partial charge is 0.139 e. The topological polar surface area (TPSA) is 31.0 Å². The van der Waals surface area contributed by atoms with E-state index in [1.807, 2.05) is 24.0 Å². The van der Waals surface area contributed by atoms with Gasteiger partial charge in [0.05, 0.1) is 0 Å². The normalized spacial score (nSPS) is 12.0. The van der Waals surface area contributed by atoms with Gasteiger partial charge >= 0.3 is 0 Å². The van der Waals surface area contributed by atoms with Crippen LogP contribution in [0.5, 0.6) is 0 Å². The minimum Gasteiger partial charge on any atom is -0.456 e. The highest BCUT2D eigenvalue weighted by Gasteiger charge is 2.14. The lowest BCUT2D eigenvalue weighted by Gasteiger charge is -2.10. The Hall–Kier alpha value is -4.11. The molecule has 31 heavy (non-hydrogen) atoms. The summed E-state index contributed by atoms with van der Waals surface area (Å²) in [5.41, 5.74) is 2.86. The van der Waals surface area contributed by atoms with Crippen molar-refractivity contribution >= 4 is 54.3 Å². The predicted octanol–water partition coefficient (Wildman–Crippen LogP) is 7.45. The van der Waals surface area contributed by atoms with E-state index in [0.29, 0.717) is 0 Å². The molecule has 2 aromatic heterocycles. The molecule has 0 saturated heterocycles. The van der Waals surface area contributed by atoms with Crippen LogP contribution < -0.4 is 0 Å². The second-order valence-electron chi connectivity index (χ2n) is 8.16. The number of fused-ring (bicyclic) bond motifs is 9. The van der Waals surface area contributed by atoms with Crippen LogP contribution in [0.2, 0.25) is 0 Å². The lowest BCUT2D eigenvalue weighted by Crippen LogP contribution is -1.90. The van der Waals surface area contributed by atoms with Gasteiger partial charge in [0.15, 0.2) is 0 Å². The molecule has 0 amide bonds. The van der Waals surface area contributed by atoms with E-state index < -0.39 is 0 Å². The molecule has 0 aliphatic carbocycles. The first-order valence-corrected chi connectivity index (χ1v) is 10.4. The third-order valence-electron chi connectivity index (χ3n) is 6.42. The standard InChI is InChI=1S/C28H18N2O/c1-30-13-12-29-28(30)17-10-11-22-25-15-23-20-8-4-2-6-18(20)19-7-3-5-9-21(19)24(23)16-27(25)31-26(22)14-17/h2-16H,1H3. The molecule has 0 fully saturated rings. The molecule has 3 heteroatoms. The highest BCUT2D eigenvalue weighted by atomic mass is 16.3. The van der Waals surface area contributed by atoms with E-state index in [-0.39, 0.29) is 0 Å². The summed E-state index contributed by atoms with van der Waals surface area (Å²) in [6.45, 7) is 0. The number of rotatable bonds is 1. The fourth-order valence-corrected chi connectivity index (χ4v) is 4.96. The van der Waals surface area contributed by atoms with Crippen LogP contribution in [0.4, 0.5) is 0 Å². The van der Waals surface area contributed by atoms with Crippen molar-refractivity contribution in [3.63, 3.8) is 0 Å². The van der Waals surface area contributed by atoms with Crippen molar-refractivity contribution in [3.8, 4) is 11.4 Å². The number of nitrogens with zero attached hydrogens (tertiary/aromatic N) is 2. The molecule has 7 aromatic rings. The molecule has 2 heterocycles. The molecule has 0 aliphatic rings. The Labute approximate surface area is 178 Å². The molecule has 7 rings (SSSR count). The van der Waals surface area contributed by atoms with Crippen molar-refractivity contribution < 1.29 is 4.42 Å². The summed E-state index contributed by atoms with van der Waals surface area (Å²) < 4.78 is 8.39. The Balaban J connectivity index is 1.62. The van der Waals surface area contributed by atoms with Gasteiger partial charge in [-0.2, -0.15) is 0 Å². The van der Waals surface area contributed by atoms with Gasteiger partial charge in [0.1, 0.15) is 17.0 Å². The van der Waals surface area contributed by atoms with Gasteiger partial charge in [0.2, 0.25) is 0 Å². The van der Waals surface area contributed by atoms with E-state index in [1.165, 1.54) is 32.3 Å². The van der Waals surface area contributed by atoms with Crippen LogP contribution >= 0.6 is 0 Å². The number of aryl methyl sites for hydroxylation is 1. The number of aromatic nitrogens is 2. The average molecular weight is 398 g/mol. The third kappa shape index (κ3) is 2.26. The zero-order chi connectivity index (χ0) is 20.5. The second-order valence-corrected chi connectivity index (χ2v) is 8.16. The quantitative estimate of drug-likeness (QED) is 0.269. The molecule has 0 spiro atoms. The van der Waals surface area contributed by atoms with Crippen LogP contribution in [-0.2, 0) is 7.05 Å². The predicted molar refractivity (Wildman–Crippen MR) is 128 cm³/mol. The monoisotopic (exact) mass is 398 g/mol. The SMILES string of the molecule is Cn1ccnc1-c1ccc2c(c1)oc1cc3c4ccccc4c4ccccc4c3cc12. The molecule has 0 aliphatic heterocycles. The molecule has 0 atom stereocenters. The number of hydrogen-bond acceptors (Lipinski definition) is 2. The summed E-state index contributed by atoms with van der Waals surface area (Å²) >= 11 is 0. The highest BCUT2D eigenvalue weighted by Crippen LogP contribution is 2.40. The number of hydrogen-bond donors (Lipinski definition) is 0. The third-order valence-corrected chi connectivity index (χ3v) is 6.42. The van der Waals surface area contributed by atoms with Gasteiger partial charge in [-0.25, -0.2) is 4.98 Å². The average Bonchev–Trinajstić information content (AvgIpc) is 3.40. The van der Waals surface area contributed by atoms with Gasteiger partial charge in [-0.15, -0.1) is 0 Å². The maximum Gasteiger partial charge on any atom is 0.139 e. The Morgan fingerprint density at radius 1 is 0.613 bits per heavy atom. The fourth-order valence-electron chi connectivity index (χ4n) is 4.96. The van der Waals surface area contributed by atoms with Gasteiger partial charge in [-0.1, -0.05) is 54.6 Å². The molecule has 0 N–H and O–H groups in total. The first kappa shape index (κ1) is 16.7. The summed E-state index contributed by atoms with van der Waals surface area (Å²) in [5.74, 6) is 0.935. The number of furan rings is 1. The van der Waals surface area contributed by atoms with Gasteiger partial charge in [0.25, 0.3) is 0 Å². The van der Waals surface area contributed by atoms with E-state index in [4.69, 9.17) is 4.42 Å². The van der Waals surface area contributed by atoms with Crippen molar-refractivity contribution in [2.24, 2.45) is 7.05 Å². The van der Waals surface area contributed by atoms with Gasteiger partial charge in [0, 0.05) is 35.8 Å². The summed E-state index contributed by atoms with van der Waals surface area (Å²) in [7, 11) is 2.01. The van der Waals surface area contributed by atoms with Gasteiger partial charge < -0.3 is 8.98 Å². The van der Waals surface area contributed by atoms with E-state index >= 15 is 0 Å². The molecule has 146 valence electrons. The highest BCUT2D eigenvalue weighted by molar-refractivity contribution is 6.28. The Kier molecular flexibility index (Phi) is 3.20. The Bertz CT molecular complexity index is 1800. The first-order valence-electron chi connectivity index (χ1n) is 10.4. The van der Waals surface area contributed by atoms with Crippen molar-refractivity contribution in [3.05, 3.63) is 91.3 Å². The minimum absolute atomic E-state index is 0.888. The molecule has 0 saturated carbocycles. The maximum atomic E-state index is 6.36.